The first-order valence-electron chi connectivity index (χ1n) is 6.73. The van der Waals surface area contributed by atoms with E-state index in [0.29, 0.717) is 11.4 Å². The topological polar surface area (TPSA) is 66.9 Å². The van der Waals surface area contributed by atoms with Crippen molar-refractivity contribution in [2.45, 2.75) is 20.3 Å². The summed E-state index contributed by atoms with van der Waals surface area (Å²) in [5.74, 6) is 0.327. The molecule has 0 fully saturated rings. The van der Waals surface area contributed by atoms with Crippen molar-refractivity contribution in [2.75, 3.05) is 17.2 Å². The van der Waals surface area contributed by atoms with Crippen molar-refractivity contribution in [3.63, 3.8) is 0 Å². The van der Waals surface area contributed by atoms with Crippen molar-refractivity contribution < 1.29 is 4.79 Å². The zero-order valence-electron chi connectivity index (χ0n) is 12.0. The Bertz CT molecular complexity index is 645. The SMILES string of the molecule is CCCNc1ccncc1C(=O)Nc1ncc(Br)cc1C. The number of amides is 1. The van der Waals surface area contributed by atoms with Gasteiger partial charge < -0.3 is 10.6 Å². The highest BCUT2D eigenvalue weighted by Gasteiger charge is 2.13. The first kappa shape index (κ1) is 15.4. The number of aromatic nitrogens is 2. The Labute approximate surface area is 132 Å². The molecule has 110 valence electrons. The van der Waals surface area contributed by atoms with Gasteiger partial charge in [-0.15, -0.1) is 0 Å². The zero-order valence-corrected chi connectivity index (χ0v) is 13.6. The Morgan fingerprint density at radius 2 is 2.19 bits per heavy atom. The van der Waals surface area contributed by atoms with Crippen molar-refractivity contribution in [2.24, 2.45) is 0 Å². The van der Waals surface area contributed by atoms with Gasteiger partial charge >= 0.3 is 0 Å². The van der Waals surface area contributed by atoms with Gasteiger partial charge in [-0.1, -0.05) is 6.92 Å². The summed E-state index contributed by atoms with van der Waals surface area (Å²) < 4.78 is 0.879. The maximum Gasteiger partial charge on any atom is 0.260 e. The molecule has 0 radical (unpaired) electrons. The van der Waals surface area contributed by atoms with Crippen LogP contribution < -0.4 is 10.6 Å². The lowest BCUT2D eigenvalue weighted by molar-refractivity contribution is 0.102. The second kappa shape index (κ2) is 7.17. The number of aryl methyl sites for hydroxylation is 1. The van der Waals surface area contributed by atoms with Crippen LogP contribution in [0.1, 0.15) is 29.3 Å². The molecule has 6 heteroatoms. The number of carbonyl (C=O) groups is 1. The maximum atomic E-state index is 12.4. The molecule has 0 aromatic carbocycles. The van der Waals surface area contributed by atoms with Crippen LogP contribution in [0.4, 0.5) is 11.5 Å². The number of halogens is 1. The number of hydrogen-bond donors (Lipinski definition) is 2. The second-order valence-corrected chi connectivity index (χ2v) is 5.54. The van der Waals surface area contributed by atoms with Crippen molar-refractivity contribution in [3.8, 4) is 0 Å². The molecular weight excluding hydrogens is 332 g/mol. The Morgan fingerprint density at radius 1 is 1.38 bits per heavy atom. The molecular formula is C15H17BrN4O. The van der Waals surface area contributed by atoms with Gasteiger partial charge in [0.15, 0.2) is 0 Å². The quantitative estimate of drug-likeness (QED) is 0.865. The molecule has 0 aliphatic rings. The lowest BCUT2D eigenvalue weighted by Crippen LogP contribution is -2.17. The number of nitrogens with zero attached hydrogens (tertiary/aromatic N) is 2. The number of carbonyl (C=O) groups excluding carboxylic acids is 1. The van der Waals surface area contributed by atoms with E-state index in [9.17, 15) is 4.79 Å². The van der Waals surface area contributed by atoms with Gasteiger partial charge in [-0.2, -0.15) is 0 Å². The Morgan fingerprint density at radius 3 is 2.90 bits per heavy atom. The standard InChI is InChI=1S/C15H17BrN4O/c1-3-5-18-13-4-6-17-9-12(13)15(21)20-14-10(2)7-11(16)8-19-14/h4,6-9H,3,5H2,1-2H3,(H,17,18)(H,19,20,21). The van der Waals surface area contributed by atoms with Gasteiger partial charge in [0.05, 0.1) is 11.3 Å². The highest BCUT2D eigenvalue weighted by molar-refractivity contribution is 9.10. The highest BCUT2D eigenvalue weighted by atomic mass is 79.9. The minimum absolute atomic E-state index is 0.223. The summed E-state index contributed by atoms with van der Waals surface area (Å²) in [7, 11) is 0. The summed E-state index contributed by atoms with van der Waals surface area (Å²) in [6, 6.07) is 3.70. The fourth-order valence-corrected chi connectivity index (χ4v) is 2.28. The summed E-state index contributed by atoms with van der Waals surface area (Å²) in [5, 5.41) is 6.04. The third-order valence-electron chi connectivity index (χ3n) is 2.91. The van der Waals surface area contributed by atoms with E-state index in [0.717, 1.165) is 28.7 Å². The minimum Gasteiger partial charge on any atom is -0.384 e. The van der Waals surface area contributed by atoms with Crippen LogP contribution >= 0.6 is 15.9 Å². The molecule has 5 nitrogen and oxygen atoms in total. The van der Waals surface area contributed by atoms with Gasteiger partial charge in [-0.05, 0) is 47.0 Å². The molecule has 2 aromatic heterocycles. The summed E-state index contributed by atoms with van der Waals surface area (Å²) in [4.78, 5) is 20.6. The molecule has 2 heterocycles. The fourth-order valence-electron chi connectivity index (χ4n) is 1.84. The lowest BCUT2D eigenvalue weighted by atomic mass is 10.2. The van der Waals surface area contributed by atoms with Crippen LogP contribution in [0.5, 0.6) is 0 Å². The van der Waals surface area contributed by atoms with E-state index in [-0.39, 0.29) is 5.91 Å². The van der Waals surface area contributed by atoms with Crippen LogP contribution in [0.25, 0.3) is 0 Å². The third kappa shape index (κ3) is 4.01. The smallest absolute Gasteiger partial charge is 0.260 e. The molecule has 0 saturated carbocycles. The molecule has 2 rings (SSSR count). The molecule has 21 heavy (non-hydrogen) atoms. The van der Waals surface area contributed by atoms with Crippen molar-refractivity contribution in [1.82, 2.24) is 9.97 Å². The van der Waals surface area contributed by atoms with Gasteiger partial charge in [0, 0.05) is 29.6 Å². The van der Waals surface area contributed by atoms with Crippen molar-refractivity contribution in [3.05, 3.63) is 46.3 Å². The lowest BCUT2D eigenvalue weighted by Gasteiger charge is -2.12. The molecule has 0 aliphatic carbocycles. The molecule has 1 amide bonds. The first-order chi connectivity index (χ1) is 10.1. The number of rotatable bonds is 5. The van der Waals surface area contributed by atoms with Crippen LogP contribution in [-0.4, -0.2) is 22.4 Å². The monoisotopic (exact) mass is 348 g/mol. The molecule has 0 aliphatic heterocycles. The van der Waals surface area contributed by atoms with Gasteiger partial charge in [-0.25, -0.2) is 4.98 Å². The third-order valence-corrected chi connectivity index (χ3v) is 3.34. The van der Waals surface area contributed by atoms with Crippen LogP contribution in [0, 0.1) is 6.92 Å². The summed E-state index contributed by atoms with van der Waals surface area (Å²) in [6.45, 7) is 4.77. The van der Waals surface area contributed by atoms with Crippen molar-refractivity contribution in [1.29, 1.82) is 0 Å². The number of nitrogens with one attached hydrogen (secondary N) is 2. The van der Waals surface area contributed by atoms with E-state index in [1.54, 1.807) is 24.7 Å². The number of pyridine rings is 2. The molecule has 0 bridgehead atoms. The summed E-state index contributed by atoms with van der Waals surface area (Å²) in [6.07, 6.45) is 5.86. The first-order valence-corrected chi connectivity index (χ1v) is 7.52. The van der Waals surface area contributed by atoms with E-state index in [4.69, 9.17) is 0 Å². The largest absolute Gasteiger partial charge is 0.384 e. The van der Waals surface area contributed by atoms with Crippen LogP contribution in [-0.2, 0) is 0 Å². The normalized spacial score (nSPS) is 10.2. The van der Waals surface area contributed by atoms with E-state index in [1.807, 2.05) is 13.0 Å². The fraction of sp³-hybridized carbons (Fsp3) is 0.267. The van der Waals surface area contributed by atoms with Crippen LogP contribution in [0.2, 0.25) is 0 Å². The summed E-state index contributed by atoms with van der Waals surface area (Å²) >= 11 is 3.35. The van der Waals surface area contributed by atoms with E-state index < -0.39 is 0 Å². The number of hydrogen-bond acceptors (Lipinski definition) is 4. The second-order valence-electron chi connectivity index (χ2n) is 4.62. The van der Waals surface area contributed by atoms with E-state index in [1.165, 1.54) is 0 Å². The average molecular weight is 349 g/mol. The molecule has 0 spiro atoms. The Hall–Kier alpha value is -1.95. The predicted octanol–water partition coefficient (Wildman–Crippen LogP) is 3.62. The molecule has 0 atom stereocenters. The maximum absolute atomic E-state index is 12.4. The predicted molar refractivity (Wildman–Crippen MR) is 87.6 cm³/mol. The molecule has 0 saturated heterocycles. The molecule has 0 unspecified atom stereocenters. The van der Waals surface area contributed by atoms with Crippen LogP contribution in [0.3, 0.4) is 0 Å². The summed E-state index contributed by atoms with van der Waals surface area (Å²) in [5.41, 5.74) is 2.18. The van der Waals surface area contributed by atoms with E-state index in [2.05, 4.69) is 43.5 Å². The Balaban J connectivity index is 2.20. The minimum atomic E-state index is -0.223. The van der Waals surface area contributed by atoms with Gasteiger partial charge in [0.25, 0.3) is 5.91 Å². The van der Waals surface area contributed by atoms with Gasteiger partial charge in [0.1, 0.15) is 5.82 Å². The van der Waals surface area contributed by atoms with Gasteiger partial charge in [0.2, 0.25) is 0 Å². The van der Waals surface area contributed by atoms with Gasteiger partial charge in [-0.3, -0.25) is 9.78 Å². The zero-order chi connectivity index (χ0) is 15.2. The Kier molecular flexibility index (Phi) is 5.27. The number of anilines is 2. The average Bonchev–Trinajstić information content (AvgIpc) is 2.48. The molecule has 2 N–H and O–H groups in total. The van der Waals surface area contributed by atoms with Crippen molar-refractivity contribution >= 4 is 33.3 Å². The van der Waals surface area contributed by atoms with E-state index >= 15 is 0 Å². The highest BCUT2D eigenvalue weighted by Crippen LogP contribution is 2.19. The molecule has 2 aromatic rings. The van der Waals surface area contributed by atoms with Crippen LogP contribution in [0.15, 0.2) is 35.2 Å².